The summed E-state index contributed by atoms with van der Waals surface area (Å²) in [5.74, 6) is -3.24. The molecule has 1 fully saturated rings. The molecule has 1 aliphatic carbocycles. The first-order valence-electron chi connectivity index (χ1n) is 22.5. The summed E-state index contributed by atoms with van der Waals surface area (Å²) in [5.41, 5.74) is 5.33. The molecule has 0 spiro atoms. The number of unbranched alkanes of at least 4 members (excludes halogenated alkanes) is 16. The van der Waals surface area contributed by atoms with Crippen LogP contribution in [0.1, 0.15) is 174 Å². The molecule has 0 amide bonds. The smallest absolute Gasteiger partial charge is 0.472 e. The van der Waals surface area contributed by atoms with Crippen LogP contribution < -0.4 is 5.73 Å². The normalized spacial score (nSPS) is 19.6. The molecule has 1 saturated carbocycles. The molecular weight excluding hydrogens is 781 g/mol. The Morgan fingerprint density at radius 3 is 1.95 bits per heavy atom. The number of phosphoric ester groups is 1. The number of allylic oxidation sites excluding steroid dienone is 3. The number of Topliss-reactive ketones (excluding diaryl/α,β-unsaturated/α-hetero) is 1. The zero-order chi connectivity index (χ0) is 43.7. The van der Waals surface area contributed by atoms with Gasteiger partial charge in [-0.25, -0.2) is 4.57 Å². The number of ketones is 1. The van der Waals surface area contributed by atoms with Crippen LogP contribution in [0.5, 0.6) is 0 Å². The fourth-order valence-corrected chi connectivity index (χ4v) is 7.74. The molecule has 0 saturated heterocycles. The molecule has 0 bridgehead atoms. The molecule has 0 aromatic carbocycles. The summed E-state index contributed by atoms with van der Waals surface area (Å²) in [4.78, 5) is 58.7. The zero-order valence-corrected chi connectivity index (χ0v) is 37.0. The van der Waals surface area contributed by atoms with E-state index < -0.39 is 75.8 Å². The molecule has 15 heteroatoms. The maximum absolute atomic E-state index is 12.8. The Labute approximate surface area is 353 Å². The molecule has 342 valence electrons. The van der Waals surface area contributed by atoms with Gasteiger partial charge in [0.15, 0.2) is 6.10 Å². The van der Waals surface area contributed by atoms with Crippen LogP contribution in [0.15, 0.2) is 24.3 Å². The number of hydrogen-bond acceptors (Lipinski definition) is 12. The summed E-state index contributed by atoms with van der Waals surface area (Å²) in [7, 11) is -4.78. The minimum Gasteiger partial charge on any atom is -0.480 e. The van der Waals surface area contributed by atoms with Gasteiger partial charge in [0.1, 0.15) is 18.4 Å². The van der Waals surface area contributed by atoms with Crippen molar-refractivity contribution < 1.29 is 62.5 Å². The van der Waals surface area contributed by atoms with Crippen molar-refractivity contribution in [2.45, 2.75) is 199 Å². The monoisotopic (exact) mass is 860 g/mol. The van der Waals surface area contributed by atoms with Crippen molar-refractivity contribution in [1.82, 2.24) is 0 Å². The van der Waals surface area contributed by atoms with Gasteiger partial charge in [0.25, 0.3) is 0 Å². The summed E-state index contributed by atoms with van der Waals surface area (Å²) >= 11 is 0. The van der Waals surface area contributed by atoms with Crippen molar-refractivity contribution in [3.63, 3.8) is 0 Å². The number of phosphoric acid groups is 1. The van der Waals surface area contributed by atoms with E-state index in [9.17, 15) is 38.8 Å². The molecule has 1 aliphatic rings. The number of ether oxygens (including phenoxy) is 2. The van der Waals surface area contributed by atoms with E-state index in [0.29, 0.717) is 32.1 Å². The van der Waals surface area contributed by atoms with Gasteiger partial charge in [0.05, 0.1) is 25.4 Å². The lowest BCUT2D eigenvalue weighted by Gasteiger charge is -2.20. The number of esters is 2. The number of carboxylic acids is 1. The van der Waals surface area contributed by atoms with Gasteiger partial charge in [0, 0.05) is 25.2 Å². The maximum Gasteiger partial charge on any atom is 0.472 e. The number of carbonyl (C=O) groups is 4. The number of aliphatic hydroxyl groups excluding tert-OH is 2. The van der Waals surface area contributed by atoms with Gasteiger partial charge < -0.3 is 35.4 Å². The van der Waals surface area contributed by atoms with E-state index >= 15 is 0 Å². The van der Waals surface area contributed by atoms with E-state index in [-0.39, 0.29) is 31.0 Å². The molecule has 0 aromatic rings. The lowest BCUT2D eigenvalue weighted by atomic mass is 9.88. The van der Waals surface area contributed by atoms with Crippen molar-refractivity contribution in [2.75, 3.05) is 19.8 Å². The van der Waals surface area contributed by atoms with E-state index in [1.54, 1.807) is 12.2 Å². The first kappa shape index (κ1) is 54.6. The number of nitrogens with two attached hydrogens (primary N) is 1. The second-order valence-electron chi connectivity index (χ2n) is 16.0. The molecule has 7 atom stereocenters. The van der Waals surface area contributed by atoms with Gasteiger partial charge in [-0.15, -0.1) is 0 Å². The Kier molecular flexibility index (Phi) is 31.6. The van der Waals surface area contributed by atoms with Crippen molar-refractivity contribution >= 4 is 31.5 Å². The molecule has 1 rings (SSSR count). The minimum atomic E-state index is -4.78. The second kappa shape index (κ2) is 34.2. The Hall–Kier alpha value is -2.45. The number of carbonyl (C=O) groups excluding carboxylic acids is 3. The zero-order valence-electron chi connectivity index (χ0n) is 36.1. The Morgan fingerprint density at radius 2 is 1.32 bits per heavy atom. The number of rotatable bonds is 38. The lowest BCUT2D eigenvalue weighted by molar-refractivity contribution is -0.161. The van der Waals surface area contributed by atoms with Gasteiger partial charge in [-0.3, -0.25) is 28.2 Å². The molecule has 59 heavy (non-hydrogen) atoms. The van der Waals surface area contributed by atoms with Gasteiger partial charge in [0.2, 0.25) is 0 Å². The number of carboxylic acid groups (broad SMARTS) is 1. The highest BCUT2D eigenvalue weighted by Crippen LogP contribution is 2.43. The van der Waals surface area contributed by atoms with Crippen LogP contribution in [-0.2, 0) is 42.3 Å². The Bertz CT molecular complexity index is 1260. The van der Waals surface area contributed by atoms with Gasteiger partial charge in [-0.2, -0.15) is 0 Å². The average Bonchev–Trinajstić information content (AvgIpc) is 3.47. The third-order valence-corrected chi connectivity index (χ3v) is 11.5. The second-order valence-corrected chi connectivity index (χ2v) is 17.4. The fourth-order valence-electron chi connectivity index (χ4n) is 6.96. The molecule has 1 unspecified atom stereocenters. The van der Waals surface area contributed by atoms with Crippen LogP contribution in [0.2, 0.25) is 0 Å². The van der Waals surface area contributed by atoms with Crippen molar-refractivity contribution in [1.29, 1.82) is 0 Å². The van der Waals surface area contributed by atoms with Crippen LogP contribution in [-0.4, -0.2) is 88.1 Å². The quantitative estimate of drug-likeness (QED) is 0.0170. The third kappa shape index (κ3) is 28.7. The summed E-state index contributed by atoms with van der Waals surface area (Å²) in [5, 5.41) is 29.7. The average molecular weight is 860 g/mol. The van der Waals surface area contributed by atoms with Crippen LogP contribution >= 0.6 is 7.82 Å². The Balaban J connectivity index is 2.47. The van der Waals surface area contributed by atoms with Gasteiger partial charge in [-0.05, 0) is 57.3 Å². The molecule has 6 N–H and O–H groups in total. The number of aliphatic hydroxyl groups is 2. The summed E-state index contributed by atoms with van der Waals surface area (Å²) in [6.07, 6.45) is 27.2. The first-order valence-corrected chi connectivity index (χ1v) is 24.0. The highest BCUT2D eigenvalue weighted by Gasteiger charge is 2.39. The molecule has 0 radical (unpaired) electrons. The summed E-state index contributed by atoms with van der Waals surface area (Å²) < 4.78 is 32.7. The minimum absolute atomic E-state index is 0.0207. The van der Waals surface area contributed by atoms with Crippen molar-refractivity contribution in [2.24, 2.45) is 17.6 Å². The molecule has 0 aromatic heterocycles. The Morgan fingerprint density at radius 1 is 0.780 bits per heavy atom. The predicted molar refractivity (Wildman–Crippen MR) is 227 cm³/mol. The maximum atomic E-state index is 12.8. The van der Waals surface area contributed by atoms with E-state index in [0.717, 1.165) is 64.2 Å². The summed E-state index contributed by atoms with van der Waals surface area (Å²) in [6, 6.07) is -1.56. The molecular formula is C44H78NO13P. The third-order valence-electron chi connectivity index (χ3n) is 10.6. The molecule has 0 heterocycles. The van der Waals surface area contributed by atoms with E-state index in [1.807, 2.05) is 0 Å². The van der Waals surface area contributed by atoms with Crippen LogP contribution in [0, 0.1) is 11.8 Å². The first-order chi connectivity index (χ1) is 28.3. The molecule has 14 nitrogen and oxygen atoms in total. The molecule has 0 aliphatic heterocycles. The van der Waals surface area contributed by atoms with E-state index in [1.165, 1.54) is 44.9 Å². The van der Waals surface area contributed by atoms with Crippen molar-refractivity contribution in [3.8, 4) is 0 Å². The fraction of sp³-hybridized carbons (Fsp3) is 0.818. The predicted octanol–water partition coefficient (Wildman–Crippen LogP) is 8.43. The van der Waals surface area contributed by atoms with Crippen LogP contribution in [0.4, 0.5) is 0 Å². The highest BCUT2D eigenvalue weighted by molar-refractivity contribution is 7.47. The standard InChI is InChI=1S/C44H78NO13P/c1-3-5-7-8-9-10-11-12-13-14-15-16-17-18-23-27-42(49)55-32-36(33-56-59(53,54)57-34-39(45)44(51)52)58-43(50)28-24-20-19-22-26-37-38(41(48)31-40(37)47)30-29-35(46)25-21-6-4-2/h10-11,29-30,35-40,46-47H,3-9,12-28,31-34,45H2,1-2H3,(H,51,52)(H,53,54)/b11-10-,30-29+/t35-,36+,37+,38+,39-,40-/m0/s1. The van der Waals surface area contributed by atoms with Gasteiger partial charge >= 0.3 is 25.7 Å². The van der Waals surface area contributed by atoms with Crippen LogP contribution in [0.25, 0.3) is 0 Å². The summed E-state index contributed by atoms with van der Waals surface area (Å²) in [6.45, 7) is 2.44. The number of hydrogen-bond donors (Lipinski definition) is 5. The van der Waals surface area contributed by atoms with Crippen LogP contribution in [0.3, 0.4) is 0 Å². The SMILES string of the molecule is CCCCCC/C=C\CCCCCCCCCC(=O)OC[C@H](COP(=O)(O)OC[C@H](N)C(=O)O)OC(=O)CCCCCC[C@H]1[C@@H](O)CC(=O)[C@@H]1/C=C/[C@@H](O)CCCCC. The van der Waals surface area contributed by atoms with E-state index in [2.05, 4.69) is 30.5 Å². The van der Waals surface area contributed by atoms with E-state index in [4.69, 9.17) is 24.8 Å². The number of aliphatic carboxylic acids is 1. The largest absolute Gasteiger partial charge is 0.480 e. The van der Waals surface area contributed by atoms with Gasteiger partial charge in [-0.1, -0.05) is 128 Å². The topological polar surface area (TPSA) is 229 Å². The lowest BCUT2D eigenvalue weighted by Crippen LogP contribution is -2.34. The van der Waals surface area contributed by atoms with Crippen molar-refractivity contribution in [3.05, 3.63) is 24.3 Å². The highest BCUT2D eigenvalue weighted by atomic mass is 31.2.